The summed E-state index contributed by atoms with van der Waals surface area (Å²) >= 11 is 0. The Hall–Kier alpha value is -1.40. The van der Waals surface area contributed by atoms with Crippen LogP contribution in [0.2, 0.25) is 0 Å². The lowest BCUT2D eigenvalue weighted by atomic mass is 10.1. The number of nitrogens with zero attached hydrogens (tertiary/aromatic N) is 2. The summed E-state index contributed by atoms with van der Waals surface area (Å²) in [6, 6.07) is 2.09. The summed E-state index contributed by atoms with van der Waals surface area (Å²) in [5.74, 6) is 2.64. The molecule has 2 N–H and O–H groups in total. The number of nitrogens with one attached hydrogen (secondary N) is 2. The Balaban J connectivity index is 2.88. The number of aromatic nitrogens is 2. The maximum absolute atomic E-state index is 5.23. The van der Waals surface area contributed by atoms with Gasteiger partial charge in [0.2, 0.25) is 0 Å². The Bertz CT molecular complexity index is 385. The molecule has 1 unspecified atom stereocenters. The van der Waals surface area contributed by atoms with Crippen LogP contribution in [0, 0.1) is 5.92 Å². The average molecular weight is 268 g/mol. The van der Waals surface area contributed by atoms with Gasteiger partial charge in [-0.1, -0.05) is 13.8 Å². The molecule has 19 heavy (non-hydrogen) atoms. The van der Waals surface area contributed by atoms with E-state index in [0.717, 1.165) is 11.6 Å². The molecular formula is C13H24N4O2. The second kappa shape index (κ2) is 7.91. The Labute approximate surface area is 114 Å². The van der Waals surface area contributed by atoms with Crippen LogP contribution in [0.15, 0.2) is 6.07 Å². The minimum Gasteiger partial charge on any atom is -0.383 e. The fourth-order valence-corrected chi connectivity index (χ4v) is 1.66. The molecule has 0 fully saturated rings. The van der Waals surface area contributed by atoms with Crippen molar-refractivity contribution in [3.63, 3.8) is 0 Å². The van der Waals surface area contributed by atoms with Crippen LogP contribution >= 0.6 is 0 Å². The van der Waals surface area contributed by atoms with Gasteiger partial charge in [-0.2, -0.15) is 0 Å². The third kappa shape index (κ3) is 5.00. The molecule has 6 nitrogen and oxygen atoms in total. The maximum atomic E-state index is 5.23. The van der Waals surface area contributed by atoms with Gasteiger partial charge in [0.15, 0.2) is 5.82 Å². The van der Waals surface area contributed by atoms with Gasteiger partial charge in [-0.3, -0.25) is 0 Å². The second-order valence-electron chi connectivity index (χ2n) is 4.69. The lowest BCUT2D eigenvalue weighted by Crippen LogP contribution is -2.31. The molecule has 1 rings (SSSR count). The van der Waals surface area contributed by atoms with Crippen molar-refractivity contribution in [1.82, 2.24) is 9.97 Å². The number of rotatable bonds is 8. The lowest BCUT2D eigenvalue weighted by Gasteiger charge is -2.22. The first kappa shape index (κ1) is 15.7. The zero-order valence-electron chi connectivity index (χ0n) is 12.4. The summed E-state index contributed by atoms with van der Waals surface area (Å²) in [7, 11) is 5.16. The monoisotopic (exact) mass is 268 g/mol. The summed E-state index contributed by atoms with van der Waals surface area (Å²) < 4.78 is 10.3. The van der Waals surface area contributed by atoms with E-state index in [2.05, 4.69) is 34.4 Å². The van der Waals surface area contributed by atoms with E-state index in [1.807, 2.05) is 13.1 Å². The van der Waals surface area contributed by atoms with Crippen molar-refractivity contribution in [2.45, 2.75) is 26.5 Å². The standard InChI is InChI=1S/C13H24N4O2/c1-9(2)10(7-18-4)15-12-6-11(14-3)16-13(17-12)8-19-5/h6,9-10H,7-8H2,1-5H3,(H2,14,15,16,17). The molecule has 0 saturated heterocycles. The molecular weight excluding hydrogens is 244 g/mol. The van der Waals surface area contributed by atoms with E-state index in [0.29, 0.717) is 25.0 Å². The summed E-state index contributed by atoms with van der Waals surface area (Å²) in [5.41, 5.74) is 0. The van der Waals surface area contributed by atoms with Crippen LogP contribution in [-0.4, -0.2) is 43.9 Å². The normalized spacial score (nSPS) is 12.5. The highest BCUT2D eigenvalue weighted by Crippen LogP contribution is 2.15. The molecule has 1 aromatic rings. The molecule has 0 saturated carbocycles. The van der Waals surface area contributed by atoms with E-state index in [-0.39, 0.29) is 6.04 Å². The van der Waals surface area contributed by atoms with Crippen LogP contribution in [-0.2, 0) is 16.1 Å². The van der Waals surface area contributed by atoms with Crippen LogP contribution < -0.4 is 10.6 Å². The molecule has 1 aromatic heterocycles. The minimum absolute atomic E-state index is 0.208. The topological polar surface area (TPSA) is 68.3 Å². The molecule has 0 radical (unpaired) electrons. The van der Waals surface area contributed by atoms with Crippen LogP contribution in [0.4, 0.5) is 11.6 Å². The third-order valence-corrected chi connectivity index (χ3v) is 2.79. The van der Waals surface area contributed by atoms with E-state index in [1.165, 1.54) is 0 Å². The van der Waals surface area contributed by atoms with Gasteiger partial charge in [0.05, 0.1) is 12.6 Å². The molecule has 1 atom stereocenters. The molecule has 0 bridgehead atoms. The first-order chi connectivity index (χ1) is 9.10. The van der Waals surface area contributed by atoms with E-state index in [4.69, 9.17) is 9.47 Å². The van der Waals surface area contributed by atoms with Gasteiger partial charge in [-0.25, -0.2) is 9.97 Å². The van der Waals surface area contributed by atoms with Crippen LogP contribution in [0.25, 0.3) is 0 Å². The average Bonchev–Trinajstić information content (AvgIpc) is 2.38. The lowest BCUT2D eigenvalue weighted by molar-refractivity contribution is 0.170. The molecule has 0 aliphatic rings. The smallest absolute Gasteiger partial charge is 0.158 e. The first-order valence-corrected chi connectivity index (χ1v) is 6.40. The van der Waals surface area contributed by atoms with E-state index in [9.17, 15) is 0 Å². The second-order valence-corrected chi connectivity index (χ2v) is 4.69. The number of hydrogen-bond donors (Lipinski definition) is 2. The number of methoxy groups -OCH3 is 2. The fourth-order valence-electron chi connectivity index (χ4n) is 1.66. The van der Waals surface area contributed by atoms with Crippen LogP contribution in [0.5, 0.6) is 0 Å². The van der Waals surface area contributed by atoms with Gasteiger partial charge in [-0.05, 0) is 5.92 Å². The molecule has 108 valence electrons. The van der Waals surface area contributed by atoms with E-state index in [1.54, 1.807) is 14.2 Å². The highest BCUT2D eigenvalue weighted by Gasteiger charge is 2.14. The summed E-state index contributed by atoms with van der Waals surface area (Å²) in [5, 5.41) is 6.40. The van der Waals surface area contributed by atoms with Gasteiger partial charge >= 0.3 is 0 Å². The number of ether oxygens (including phenoxy) is 2. The molecule has 0 aliphatic heterocycles. The molecule has 0 amide bonds. The van der Waals surface area contributed by atoms with Crippen molar-refractivity contribution in [2.75, 3.05) is 38.5 Å². The molecule has 0 aromatic carbocycles. The Morgan fingerprint density at radius 2 is 1.84 bits per heavy atom. The van der Waals surface area contributed by atoms with Crippen molar-refractivity contribution in [1.29, 1.82) is 0 Å². The SMILES string of the molecule is CNc1cc(NC(COC)C(C)C)nc(COC)n1. The summed E-state index contributed by atoms with van der Waals surface area (Å²) in [4.78, 5) is 8.75. The van der Waals surface area contributed by atoms with Gasteiger partial charge in [0, 0.05) is 27.3 Å². The van der Waals surface area contributed by atoms with Crippen LogP contribution in [0.3, 0.4) is 0 Å². The zero-order chi connectivity index (χ0) is 14.3. The van der Waals surface area contributed by atoms with Crippen molar-refractivity contribution in [2.24, 2.45) is 5.92 Å². The molecule has 1 heterocycles. The summed E-state index contributed by atoms with van der Waals surface area (Å²) in [6.07, 6.45) is 0. The molecule has 0 spiro atoms. The largest absolute Gasteiger partial charge is 0.383 e. The molecule has 0 aliphatic carbocycles. The Morgan fingerprint density at radius 3 is 2.37 bits per heavy atom. The van der Waals surface area contributed by atoms with Gasteiger partial charge < -0.3 is 20.1 Å². The number of hydrogen-bond acceptors (Lipinski definition) is 6. The predicted octanol–water partition coefficient (Wildman–Crippen LogP) is 1.75. The Morgan fingerprint density at radius 1 is 1.16 bits per heavy atom. The van der Waals surface area contributed by atoms with E-state index >= 15 is 0 Å². The first-order valence-electron chi connectivity index (χ1n) is 6.40. The van der Waals surface area contributed by atoms with Gasteiger partial charge in [0.1, 0.15) is 18.2 Å². The van der Waals surface area contributed by atoms with Gasteiger partial charge in [-0.15, -0.1) is 0 Å². The van der Waals surface area contributed by atoms with Crippen molar-refractivity contribution in [3.05, 3.63) is 11.9 Å². The number of anilines is 2. The predicted molar refractivity (Wildman–Crippen MR) is 76.4 cm³/mol. The third-order valence-electron chi connectivity index (χ3n) is 2.79. The maximum Gasteiger partial charge on any atom is 0.158 e. The van der Waals surface area contributed by atoms with Crippen LogP contribution in [0.1, 0.15) is 19.7 Å². The van der Waals surface area contributed by atoms with Crippen molar-refractivity contribution < 1.29 is 9.47 Å². The fraction of sp³-hybridized carbons (Fsp3) is 0.692. The Kier molecular flexibility index (Phi) is 6.52. The van der Waals surface area contributed by atoms with Gasteiger partial charge in [0.25, 0.3) is 0 Å². The van der Waals surface area contributed by atoms with Crippen molar-refractivity contribution >= 4 is 11.6 Å². The quantitative estimate of drug-likeness (QED) is 0.748. The summed E-state index contributed by atoms with van der Waals surface area (Å²) in [6.45, 7) is 5.32. The molecule has 6 heteroatoms. The zero-order valence-corrected chi connectivity index (χ0v) is 12.4. The minimum atomic E-state index is 0.208. The van der Waals surface area contributed by atoms with Crippen molar-refractivity contribution in [3.8, 4) is 0 Å². The van der Waals surface area contributed by atoms with E-state index < -0.39 is 0 Å². The highest BCUT2D eigenvalue weighted by atomic mass is 16.5. The highest BCUT2D eigenvalue weighted by molar-refractivity contribution is 5.47.